The number of carbonyl (C=O) groups is 1. The fourth-order valence-electron chi connectivity index (χ4n) is 2.25. The largest absolute Gasteiger partial charge is 0.480 e. The average Bonchev–Trinajstić information content (AvgIpc) is 2.72. The van der Waals surface area contributed by atoms with Gasteiger partial charge in [-0.2, -0.15) is 4.31 Å². The Labute approximate surface area is 111 Å². The molecule has 0 spiro atoms. The Kier molecular flexibility index (Phi) is 3.62. The van der Waals surface area contributed by atoms with Gasteiger partial charge in [0.1, 0.15) is 6.04 Å². The van der Waals surface area contributed by atoms with E-state index in [4.69, 9.17) is 5.11 Å². The lowest BCUT2D eigenvalue weighted by Crippen LogP contribution is -2.40. The Balaban J connectivity index is 2.45. The van der Waals surface area contributed by atoms with Gasteiger partial charge in [0.2, 0.25) is 10.0 Å². The molecule has 1 fully saturated rings. The van der Waals surface area contributed by atoms with E-state index in [0.717, 1.165) is 4.31 Å². The number of β-amino-alcohol motifs (C(OH)–C–C–N with tert-alkyl or cyclic N) is 1. The van der Waals surface area contributed by atoms with Crippen LogP contribution in [0.25, 0.3) is 0 Å². The lowest BCUT2D eigenvalue weighted by molar-refractivity contribution is -0.140. The molecule has 7 heteroatoms. The van der Waals surface area contributed by atoms with E-state index in [2.05, 4.69) is 0 Å². The number of aliphatic carboxylic acids is 1. The van der Waals surface area contributed by atoms with Crippen molar-refractivity contribution in [3.63, 3.8) is 0 Å². The van der Waals surface area contributed by atoms with Crippen LogP contribution in [0.2, 0.25) is 0 Å². The number of carboxylic acids is 1. The molecule has 2 N–H and O–H groups in total. The Morgan fingerprint density at radius 2 is 2.00 bits per heavy atom. The molecule has 1 aromatic carbocycles. The van der Waals surface area contributed by atoms with Crippen LogP contribution >= 0.6 is 0 Å². The van der Waals surface area contributed by atoms with Gasteiger partial charge in [0.05, 0.1) is 11.0 Å². The lowest BCUT2D eigenvalue weighted by atomic mass is 10.2. The van der Waals surface area contributed by atoms with Crippen LogP contribution in [0, 0.1) is 6.92 Å². The summed E-state index contributed by atoms with van der Waals surface area (Å²) in [5.41, 5.74) is 0.549. The molecule has 104 valence electrons. The van der Waals surface area contributed by atoms with Gasteiger partial charge in [-0.25, -0.2) is 8.42 Å². The summed E-state index contributed by atoms with van der Waals surface area (Å²) < 4.78 is 25.8. The molecule has 0 radical (unpaired) electrons. The number of benzene rings is 1. The lowest BCUT2D eigenvalue weighted by Gasteiger charge is -2.21. The van der Waals surface area contributed by atoms with Crippen molar-refractivity contribution in [1.29, 1.82) is 0 Å². The Morgan fingerprint density at radius 3 is 2.58 bits per heavy atom. The zero-order valence-electron chi connectivity index (χ0n) is 10.4. The number of nitrogens with zero attached hydrogens (tertiary/aromatic N) is 1. The first-order chi connectivity index (χ1) is 8.84. The first-order valence-electron chi connectivity index (χ1n) is 5.82. The molecule has 0 amide bonds. The maximum atomic E-state index is 12.5. The smallest absolute Gasteiger partial charge is 0.322 e. The molecule has 0 saturated carbocycles. The van der Waals surface area contributed by atoms with Crippen molar-refractivity contribution in [3.8, 4) is 0 Å². The standard InChI is InChI=1S/C12H15NO5S/c1-8-4-2-3-5-11(8)19(17,18)13-7-9(14)6-10(13)12(15)16/h2-5,9-10,14H,6-7H2,1H3,(H,15,16)/t9?,10-/m0/s1. The molecule has 0 aromatic heterocycles. The predicted octanol–water partition coefficient (Wildman–Crippen LogP) is 0.204. The van der Waals surface area contributed by atoms with Gasteiger partial charge >= 0.3 is 5.97 Å². The van der Waals surface area contributed by atoms with Crippen LogP contribution in [-0.4, -0.2) is 47.6 Å². The summed E-state index contributed by atoms with van der Waals surface area (Å²) in [6, 6.07) is 5.17. The van der Waals surface area contributed by atoms with Gasteiger partial charge < -0.3 is 10.2 Å². The fourth-order valence-corrected chi connectivity index (χ4v) is 4.10. The number of sulfonamides is 1. The third-order valence-electron chi connectivity index (χ3n) is 3.20. The van der Waals surface area contributed by atoms with Crippen LogP contribution in [0.4, 0.5) is 0 Å². The SMILES string of the molecule is Cc1ccccc1S(=O)(=O)N1CC(O)C[C@H]1C(=O)O. The van der Waals surface area contributed by atoms with Crippen LogP contribution in [0.5, 0.6) is 0 Å². The molecule has 1 aliphatic rings. The van der Waals surface area contributed by atoms with Crippen molar-refractivity contribution < 1.29 is 23.4 Å². The second-order valence-corrected chi connectivity index (χ2v) is 6.44. The van der Waals surface area contributed by atoms with Gasteiger partial charge in [-0.3, -0.25) is 4.79 Å². The van der Waals surface area contributed by atoms with Gasteiger partial charge in [-0.15, -0.1) is 0 Å². The molecule has 19 heavy (non-hydrogen) atoms. The van der Waals surface area contributed by atoms with Crippen LogP contribution in [0.1, 0.15) is 12.0 Å². The predicted molar refractivity (Wildman–Crippen MR) is 67.1 cm³/mol. The van der Waals surface area contributed by atoms with Crippen molar-refractivity contribution >= 4 is 16.0 Å². The molecule has 1 saturated heterocycles. The summed E-state index contributed by atoms with van der Waals surface area (Å²) in [5, 5.41) is 18.6. The van der Waals surface area contributed by atoms with Crippen LogP contribution < -0.4 is 0 Å². The Hall–Kier alpha value is -1.44. The van der Waals surface area contributed by atoms with E-state index >= 15 is 0 Å². The minimum absolute atomic E-state index is 0.0790. The Morgan fingerprint density at radius 1 is 1.37 bits per heavy atom. The van der Waals surface area contributed by atoms with Crippen molar-refractivity contribution in [2.75, 3.05) is 6.54 Å². The molecular weight excluding hydrogens is 270 g/mol. The summed E-state index contributed by atoms with van der Waals surface area (Å²) >= 11 is 0. The molecule has 1 aliphatic heterocycles. The molecule has 0 aliphatic carbocycles. The van der Waals surface area contributed by atoms with Crippen molar-refractivity contribution in [2.24, 2.45) is 0 Å². The fraction of sp³-hybridized carbons (Fsp3) is 0.417. The summed E-state index contributed by atoms with van der Waals surface area (Å²) in [6.07, 6.45) is -1.03. The highest BCUT2D eigenvalue weighted by Gasteiger charge is 2.43. The first kappa shape index (κ1) is 14.0. The molecule has 0 bridgehead atoms. The molecule has 6 nitrogen and oxygen atoms in total. The van der Waals surface area contributed by atoms with Crippen LogP contribution in [-0.2, 0) is 14.8 Å². The quantitative estimate of drug-likeness (QED) is 0.827. The van der Waals surface area contributed by atoms with Crippen molar-refractivity contribution in [1.82, 2.24) is 4.31 Å². The van der Waals surface area contributed by atoms with E-state index in [1.54, 1.807) is 25.1 Å². The number of rotatable bonds is 3. The second-order valence-electron chi connectivity index (χ2n) is 4.58. The van der Waals surface area contributed by atoms with E-state index in [1.165, 1.54) is 6.07 Å². The summed E-state index contributed by atoms with van der Waals surface area (Å²) in [7, 11) is -3.90. The summed E-state index contributed by atoms with van der Waals surface area (Å²) in [6.45, 7) is 1.46. The zero-order valence-corrected chi connectivity index (χ0v) is 11.2. The monoisotopic (exact) mass is 285 g/mol. The summed E-state index contributed by atoms with van der Waals surface area (Å²) in [5.74, 6) is -1.24. The molecule has 2 rings (SSSR count). The first-order valence-corrected chi connectivity index (χ1v) is 7.26. The molecule has 1 heterocycles. The maximum Gasteiger partial charge on any atom is 0.322 e. The number of hydrogen-bond acceptors (Lipinski definition) is 4. The second kappa shape index (κ2) is 4.92. The molecular formula is C12H15NO5S. The molecule has 1 aromatic rings. The number of aliphatic hydroxyl groups excluding tert-OH is 1. The highest BCUT2D eigenvalue weighted by molar-refractivity contribution is 7.89. The highest BCUT2D eigenvalue weighted by Crippen LogP contribution is 2.28. The van der Waals surface area contributed by atoms with E-state index in [0.29, 0.717) is 5.56 Å². The van der Waals surface area contributed by atoms with E-state index in [-0.39, 0.29) is 17.9 Å². The highest BCUT2D eigenvalue weighted by atomic mass is 32.2. The number of aliphatic hydroxyl groups is 1. The number of carboxylic acid groups (broad SMARTS) is 1. The minimum atomic E-state index is -3.90. The summed E-state index contributed by atoms with van der Waals surface area (Å²) in [4.78, 5) is 11.2. The van der Waals surface area contributed by atoms with Gasteiger partial charge in [-0.1, -0.05) is 18.2 Å². The van der Waals surface area contributed by atoms with E-state index in [9.17, 15) is 18.3 Å². The third kappa shape index (κ3) is 2.49. The number of aryl methyl sites for hydroxylation is 1. The van der Waals surface area contributed by atoms with Crippen molar-refractivity contribution in [2.45, 2.75) is 30.4 Å². The third-order valence-corrected chi connectivity index (χ3v) is 5.23. The van der Waals surface area contributed by atoms with E-state index < -0.39 is 28.1 Å². The topological polar surface area (TPSA) is 94.9 Å². The average molecular weight is 285 g/mol. The zero-order chi connectivity index (χ0) is 14.2. The molecule has 1 unspecified atom stereocenters. The van der Waals surface area contributed by atoms with Crippen molar-refractivity contribution in [3.05, 3.63) is 29.8 Å². The van der Waals surface area contributed by atoms with Crippen LogP contribution in [0.3, 0.4) is 0 Å². The normalized spacial score (nSPS) is 24.5. The van der Waals surface area contributed by atoms with Gasteiger partial charge in [-0.05, 0) is 18.6 Å². The number of hydrogen-bond donors (Lipinski definition) is 2. The van der Waals surface area contributed by atoms with Gasteiger partial charge in [0, 0.05) is 13.0 Å². The van der Waals surface area contributed by atoms with Crippen LogP contribution in [0.15, 0.2) is 29.2 Å². The molecule has 2 atom stereocenters. The maximum absolute atomic E-state index is 12.5. The minimum Gasteiger partial charge on any atom is -0.480 e. The Bertz CT molecular complexity index is 598. The van der Waals surface area contributed by atoms with Gasteiger partial charge in [0.25, 0.3) is 0 Å². The van der Waals surface area contributed by atoms with E-state index in [1.807, 2.05) is 0 Å². The van der Waals surface area contributed by atoms with Gasteiger partial charge in [0.15, 0.2) is 0 Å².